The molecule has 1 saturated carbocycles. The Morgan fingerprint density at radius 1 is 1.06 bits per heavy atom. The van der Waals surface area contributed by atoms with Crippen LogP contribution >= 0.6 is 0 Å². The molecule has 31 heavy (non-hydrogen) atoms. The number of H-pyrrole nitrogens is 1. The van der Waals surface area contributed by atoms with Crippen LogP contribution in [0.3, 0.4) is 0 Å². The maximum atomic E-state index is 10.9. The maximum Gasteiger partial charge on any atom is 0.409 e. The number of nitrogens with zero attached hydrogens (tertiary/aromatic N) is 2. The highest BCUT2D eigenvalue weighted by atomic mass is 16.5. The molecule has 2 aromatic rings. The molecule has 0 radical (unpaired) electrons. The van der Waals surface area contributed by atoms with Crippen molar-refractivity contribution in [2.45, 2.75) is 70.3 Å². The normalized spacial score (nSPS) is 20.5. The Morgan fingerprint density at radius 3 is 2.23 bits per heavy atom. The molecule has 2 heterocycles. The lowest BCUT2D eigenvalue weighted by Crippen LogP contribution is -2.35. The number of hydrogen-bond acceptors (Lipinski definition) is 4. The lowest BCUT2D eigenvalue weighted by Gasteiger charge is -2.27. The van der Waals surface area contributed by atoms with Gasteiger partial charge >= 0.3 is 6.09 Å². The van der Waals surface area contributed by atoms with Gasteiger partial charge in [0, 0.05) is 26.4 Å². The summed E-state index contributed by atoms with van der Waals surface area (Å²) in [7, 11) is 3.25. The number of carbonyl (C=O) groups excluding carboxylic acids is 1. The molecule has 0 atom stereocenters. The minimum Gasteiger partial charge on any atom is -0.453 e. The van der Waals surface area contributed by atoms with Gasteiger partial charge in [-0.25, -0.2) is 4.79 Å². The molecule has 1 amide bonds. The Hall–Kier alpha value is -2.34. The van der Waals surface area contributed by atoms with E-state index in [0.717, 1.165) is 38.3 Å². The number of aryl methyl sites for hydroxylation is 1. The summed E-state index contributed by atoms with van der Waals surface area (Å²) in [4.78, 5) is 12.6. The zero-order valence-corrected chi connectivity index (χ0v) is 19.4. The predicted octanol–water partition coefficient (Wildman–Crippen LogP) is 5.57. The zero-order valence-electron chi connectivity index (χ0n) is 19.4. The molecule has 6 nitrogen and oxygen atoms in total. The van der Waals surface area contributed by atoms with E-state index in [2.05, 4.69) is 52.2 Å². The number of amides is 1. The zero-order chi connectivity index (χ0) is 22.3. The third kappa shape index (κ3) is 9.13. The standard InChI is InChI=1S/C13H18O.C7H13NO2.C5H8N2/c1-14-13-9-7-12(8-10-13)11-5-3-2-4-6-11;1-10-7(9)8-5-3-2-4-6-8;1-2-5-3-6-7-4-5/h2-6,12-13H,7-10H2,1H3;2-6H2,1H3;3-4H,2H2,1H3,(H,6,7). The fourth-order valence-electron chi connectivity index (χ4n) is 4.03. The average Bonchev–Trinajstić information content (AvgIpc) is 3.40. The fourth-order valence-corrected chi connectivity index (χ4v) is 4.03. The van der Waals surface area contributed by atoms with E-state index in [1.807, 2.05) is 19.5 Å². The Morgan fingerprint density at radius 2 is 1.74 bits per heavy atom. The van der Waals surface area contributed by atoms with Gasteiger partial charge in [0.25, 0.3) is 0 Å². The van der Waals surface area contributed by atoms with E-state index in [9.17, 15) is 4.79 Å². The smallest absolute Gasteiger partial charge is 0.409 e. The number of hydrogen-bond donors (Lipinski definition) is 1. The van der Waals surface area contributed by atoms with Gasteiger partial charge in [-0.2, -0.15) is 5.10 Å². The molecule has 4 rings (SSSR count). The number of aromatic nitrogens is 2. The number of benzene rings is 1. The average molecular weight is 430 g/mol. The highest BCUT2D eigenvalue weighted by Crippen LogP contribution is 2.33. The molecule has 6 heteroatoms. The maximum absolute atomic E-state index is 10.9. The number of methoxy groups -OCH3 is 2. The van der Waals surface area contributed by atoms with Gasteiger partial charge in [0.1, 0.15) is 0 Å². The molecule has 1 aliphatic carbocycles. The van der Waals surface area contributed by atoms with Crippen molar-refractivity contribution < 1.29 is 14.3 Å². The monoisotopic (exact) mass is 429 g/mol. The first-order valence-corrected chi connectivity index (χ1v) is 11.6. The fraction of sp³-hybridized carbons (Fsp3) is 0.600. The Balaban J connectivity index is 0.000000176. The first-order chi connectivity index (χ1) is 15.2. The number of carbonyl (C=O) groups is 1. The third-order valence-electron chi connectivity index (χ3n) is 6.03. The molecule has 172 valence electrons. The molecule has 2 aliphatic rings. The molecule has 0 spiro atoms. The number of aromatic amines is 1. The molecule has 0 unspecified atom stereocenters. The summed E-state index contributed by atoms with van der Waals surface area (Å²) in [6, 6.07) is 10.9. The second kappa shape index (κ2) is 14.6. The van der Waals surface area contributed by atoms with Crippen LogP contribution in [0.1, 0.15) is 68.9 Å². The largest absolute Gasteiger partial charge is 0.453 e. The molecule has 1 aromatic carbocycles. The Labute approximate surface area is 187 Å². The summed E-state index contributed by atoms with van der Waals surface area (Å²) in [6.45, 7) is 3.84. The van der Waals surface area contributed by atoms with Crippen molar-refractivity contribution in [2.75, 3.05) is 27.3 Å². The van der Waals surface area contributed by atoms with E-state index < -0.39 is 0 Å². The molecule has 1 saturated heterocycles. The Bertz CT molecular complexity index is 692. The van der Waals surface area contributed by atoms with Gasteiger partial charge in [-0.05, 0) is 68.4 Å². The van der Waals surface area contributed by atoms with Crippen molar-refractivity contribution in [2.24, 2.45) is 0 Å². The number of rotatable bonds is 3. The van der Waals surface area contributed by atoms with Crippen molar-refractivity contribution in [3.63, 3.8) is 0 Å². The summed E-state index contributed by atoms with van der Waals surface area (Å²) in [5.74, 6) is 0.766. The third-order valence-corrected chi connectivity index (χ3v) is 6.03. The number of nitrogens with one attached hydrogen (secondary N) is 1. The number of piperidine rings is 1. The van der Waals surface area contributed by atoms with E-state index in [4.69, 9.17) is 4.74 Å². The highest BCUT2D eigenvalue weighted by Gasteiger charge is 2.21. The molecule has 1 N–H and O–H groups in total. The minimum atomic E-state index is -0.181. The lowest BCUT2D eigenvalue weighted by molar-refractivity contribution is 0.0659. The summed E-state index contributed by atoms with van der Waals surface area (Å²) in [6.07, 6.45) is 13.6. The van der Waals surface area contributed by atoms with Gasteiger partial charge in [-0.1, -0.05) is 37.3 Å². The molecular weight excluding hydrogens is 390 g/mol. The van der Waals surface area contributed by atoms with E-state index in [1.54, 1.807) is 4.90 Å². The van der Waals surface area contributed by atoms with Crippen molar-refractivity contribution in [3.8, 4) is 0 Å². The van der Waals surface area contributed by atoms with Crippen LogP contribution in [0.15, 0.2) is 42.7 Å². The van der Waals surface area contributed by atoms with Gasteiger partial charge in [-0.3, -0.25) is 5.10 Å². The predicted molar refractivity (Wildman–Crippen MR) is 124 cm³/mol. The molecule has 2 fully saturated rings. The van der Waals surface area contributed by atoms with Crippen molar-refractivity contribution in [1.29, 1.82) is 0 Å². The van der Waals surface area contributed by atoms with E-state index in [0.29, 0.717) is 6.10 Å². The summed E-state index contributed by atoms with van der Waals surface area (Å²) in [5.41, 5.74) is 2.77. The highest BCUT2D eigenvalue weighted by molar-refractivity contribution is 5.67. The molecular formula is C25H39N3O3. The number of ether oxygens (including phenoxy) is 2. The van der Waals surface area contributed by atoms with Gasteiger partial charge in [0.05, 0.1) is 19.4 Å². The first kappa shape index (κ1) is 24.9. The van der Waals surface area contributed by atoms with E-state index in [1.165, 1.54) is 50.3 Å². The second-order valence-electron chi connectivity index (χ2n) is 8.10. The topological polar surface area (TPSA) is 67.5 Å². The van der Waals surface area contributed by atoms with Gasteiger partial charge < -0.3 is 14.4 Å². The lowest BCUT2D eigenvalue weighted by atomic mass is 9.83. The van der Waals surface area contributed by atoms with Crippen molar-refractivity contribution in [3.05, 3.63) is 53.9 Å². The van der Waals surface area contributed by atoms with Crippen LogP contribution in [0.25, 0.3) is 0 Å². The van der Waals surface area contributed by atoms with Crippen molar-refractivity contribution in [1.82, 2.24) is 15.1 Å². The SMILES string of the molecule is CCc1cn[nH]c1.COC(=O)N1CCCCC1.COC1CCC(c2ccccc2)CC1. The number of likely N-dealkylation sites (tertiary alicyclic amines) is 1. The van der Waals surface area contributed by atoms with Gasteiger partial charge in [-0.15, -0.1) is 0 Å². The van der Waals surface area contributed by atoms with Gasteiger partial charge in [0.15, 0.2) is 0 Å². The molecule has 1 aliphatic heterocycles. The van der Waals surface area contributed by atoms with Crippen LogP contribution in [0, 0.1) is 0 Å². The molecule has 1 aromatic heterocycles. The van der Waals surface area contributed by atoms with Gasteiger partial charge in [0.2, 0.25) is 0 Å². The van der Waals surface area contributed by atoms with Crippen LogP contribution in [0.4, 0.5) is 4.79 Å². The molecule has 0 bridgehead atoms. The summed E-state index contributed by atoms with van der Waals surface area (Å²) in [5, 5.41) is 6.50. The van der Waals surface area contributed by atoms with Crippen LogP contribution < -0.4 is 0 Å². The van der Waals surface area contributed by atoms with Crippen LogP contribution in [-0.2, 0) is 15.9 Å². The minimum absolute atomic E-state index is 0.181. The van der Waals surface area contributed by atoms with Crippen LogP contribution in [-0.4, -0.2) is 54.6 Å². The summed E-state index contributed by atoms with van der Waals surface area (Å²) < 4.78 is 9.95. The van der Waals surface area contributed by atoms with Crippen molar-refractivity contribution >= 4 is 6.09 Å². The summed E-state index contributed by atoms with van der Waals surface area (Å²) >= 11 is 0. The quantitative estimate of drug-likeness (QED) is 0.692. The first-order valence-electron chi connectivity index (χ1n) is 11.6. The second-order valence-corrected chi connectivity index (χ2v) is 8.10. The Kier molecular flexibility index (Phi) is 11.8. The van der Waals surface area contributed by atoms with Crippen LogP contribution in [0.5, 0.6) is 0 Å². The van der Waals surface area contributed by atoms with Crippen LogP contribution in [0.2, 0.25) is 0 Å². The van der Waals surface area contributed by atoms with E-state index >= 15 is 0 Å². The van der Waals surface area contributed by atoms with E-state index in [-0.39, 0.29) is 6.09 Å².